The molecule has 218 valence electrons. The molecule has 3 amide bonds. The maximum Gasteiger partial charge on any atom is 0.245 e. The predicted octanol–water partition coefficient (Wildman–Crippen LogP) is 2.18. The first-order valence-corrected chi connectivity index (χ1v) is 14.0. The maximum absolute atomic E-state index is 13.7. The highest BCUT2D eigenvalue weighted by atomic mass is 16.3. The van der Waals surface area contributed by atoms with E-state index >= 15 is 0 Å². The van der Waals surface area contributed by atoms with Gasteiger partial charge in [-0.1, -0.05) is 24.3 Å². The van der Waals surface area contributed by atoms with E-state index in [0.29, 0.717) is 44.3 Å². The molecule has 2 aliphatic heterocycles. The van der Waals surface area contributed by atoms with Gasteiger partial charge in [0.05, 0.1) is 11.8 Å². The van der Waals surface area contributed by atoms with Crippen LogP contribution in [-0.2, 0) is 20.8 Å². The minimum atomic E-state index is -0.962. The molecule has 0 saturated carbocycles. The summed E-state index contributed by atoms with van der Waals surface area (Å²) in [5.74, 6) is -1.05. The molecule has 4 atom stereocenters. The molecule has 2 bridgehead atoms. The number of hydrogen-bond donors (Lipinski definition) is 6. The molecule has 2 aliphatic rings. The average Bonchev–Trinajstić information content (AvgIpc) is 3.35. The molecule has 0 aromatic heterocycles. The summed E-state index contributed by atoms with van der Waals surface area (Å²) in [5.41, 5.74) is 13.8. The Morgan fingerprint density at radius 3 is 2.65 bits per heavy atom. The molecule has 10 nitrogen and oxygen atoms in total. The Labute approximate surface area is 236 Å². The van der Waals surface area contributed by atoms with Gasteiger partial charge in [-0.05, 0) is 93.8 Å². The highest BCUT2D eigenvalue weighted by Crippen LogP contribution is 2.27. The van der Waals surface area contributed by atoms with Crippen LogP contribution in [0.4, 0.5) is 0 Å². The minimum Gasteiger partial charge on any atom is -0.513 e. The van der Waals surface area contributed by atoms with E-state index in [0.717, 1.165) is 24.0 Å². The lowest BCUT2D eigenvalue weighted by Gasteiger charge is -2.29. The third-order valence-corrected chi connectivity index (χ3v) is 7.40. The topological polar surface area (TPSA) is 171 Å². The van der Waals surface area contributed by atoms with Crippen molar-refractivity contribution in [1.82, 2.24) is 15.5 Å². The molecule has 2 heterocycles. The number of phenols is 1. The summed E-state index contributed by atoms with van der Waals surface area (Å²) in [7, 11) is 0. The number of carbonyl (C=O) groups is 3. The molecule has 0 radical (unpaired) electrons. The molecule has 40 heavy (non-hydrogen) atoms. The molecule has 1 saturated heterocycles. The van der Waals surface area contributed by atoms with Gasteiger partial charge in [0, 0.05) is 19.0 Å². The van der Waals surface area contributed by atoms with E-state index in [-0.39, 0.29) is 29.9 Å². The summed E-state index contributed by atoms with van der Waals surface area (Å²) in [6.45, 7) is 4.47. The normalized spacial score (nSPS) is 26.9. The van der Waals surface area contributed by atoms with E-state index in [1.54, 1.807) is 42.2 Å². The molecular weight excluding hydrogens is 510 g/mol. The van der Waals surface area contributed by atoms with Gasteiger partial charge >= 0.3 is 0 Å². The summed E-state index contributed by atoms with van der Waals surface area (Å²) in [4.78, 5) is 41.9. The van der Waals surface area contributed by atoms with Crippen molar-refractivity contribution in [2.75, 3.05) is 13.1 Å². The zero-order chi connectivity index (χ0) is 29.2. The van der Waals surface area contributed by atoms with Gasteiger partial charge in [-0.25, -0.2) is 0 Å². The Morgan fingerprint density at radius 2 is 1.98 bits per heavy atom. The van der Waals surface area contributed by atoms with Gasteiger partial charge in [0.1, 0.15) is 17.8 Å². The number of fused-ring (bicyclic) bond motifs is 2. The number of amides is 3. The number of nitrogens with one attached hydrogen (secondary N) is 2. The van der Waals surface area contributed by atoms with Crippen LogP contribution in [0.2, 0.25) is 0 Å². The molecule has 1 aromatic carbocycles. The van der Waals surface area contributed by atoms with Crippen LogP contribution in [0.5, 0.6) is 5.75 Å². The molecule has 10 heteroatoms. The van der Waals surface area contributed by atoms with Crippen molar-refractivity contribution in [3.63, 3.8) is 0 Å². The second kappa shape index (κ2) is 14.7. The molecule has 3 rings (SSSR count). The van der Waals surface area contributed by atoms with Crippen LogP contribution in [0, 0.1) is 0 Å². The van der Waals surface area contributed by atoms with Crippen molar-refractivity contribution < 1.29 is 24.6 Å². The molecule has 0 aliphatic carbocycles. The first-order chi connectivity index (χ1) is 19.1. The Bertz CT molecular complexity index is 1160. The fraction of sp³-hybridized carbons (Fsp3) is 0.500. The van der Waals surface area contributed by atoms with Gasteiger partial charge in [-0.3, -0.25) is 14.4 Å². The number of nitrogens with two attached hydrogens (primary N) is 2. The predicted molar refractivity (Wildman–Crippen MR) is 155 cm³/mol. The van der Waals surface area contributed by atoms with Crippen LogP contribution in [0.15, 0.2) is 48.3 Å². The fourth-order valence-corrected chi connectivity index (χ4v) is 5.03. The van der Waals surface area contributed by atoms with Gasteiger partial charge < -0.3 is 37.2 Å². The third kappa shape index (κ3) is 8.43. The molecule has 1 aromatic rings. The second-order valence-corrected chi connectivity index (χ2v) is 10.6. The van der Waals surface area contributed by atoms with Crippen LogP contribution in [0.1, 0.15) is 63.5 Å². The largest absolute Gasteiger partial charge is 0.513 e. The number of carbonyl (C=O) groups excluding carboxylic acids is 3. The summed E-state index contributed by atoms with van der Waals surface area (Å²) in [5, 5.41) is 26.1. The molecule has 1 fully saturated rings. The van der Waals surface area contributed by atoms with E-state index in [9.17, 15) is 24.6 Å². The smallest absolute Gasteiger partial charge is 0.245 e. The lowest BCUT2D eigenvalue weighted by Crippen LogP contribution is -2.57. The summed E-state index contributed by atoms with van der Waals surface area (Å²) in [6.07, 6.45) is 10.5. The Morgan fingerprint density at radius 1 is 1.20 bits per heavy atom. The lowest BCUT2D eigenvalue weighted by molar-refractivity contribution is -0.137. The van der Waals surface area contributed by atoms with Crippen LogP contribution >= 0.6 is 0 Å². The third-order valence-electron chi connectivity index (χ3n) is 7.40. The minimum absolute atomic E-state index is 0.00237. The number of allylic oxidation sites excluding steroid dienone is 6. The van der Waals surface area contributed by atoms with Gasteiger partial charge in [0.15, 0.2) is 0 Å². The van der Waals surface area contributed by atoms with Crippen LogP contribution < -0.4 is 22.1 Å². The maximum atomic E-state index is 13.7. The zero-order valence-corrected chi connectivity index (χ0v) is 23.4. The zero-order valence-electron chi connectivity index (χ0n) is 23.4. The summed E-state index contributed by atoms with van der Waals surface area (Å²) >= 11 is 0. The number of hydrogen-bond acceptors (Lipinski definition) is 7. The van der Waals surface area contributed by atoms with Crippen LogP contribution in [0.3, 0.4) is 0 Å². The van der Waals surface area contributed by atoms with Gasteiger partial charge in [-0.15, -0.1) is 0 Å². The standard InChI is InChI=1S/C30H43N5O5/c1-19-7-6-16-35(19)30(40)26-18-23-17-22(13-14-27(23)37)21(12-11-20(2)36)8-3-4-9-24(32)28(38)33-25(10-5-15-31)29(39)34-26/h3,8,11-14,17,19,24-26,36-37H,4-7,9-10,15-16,18,31-32H2,1-2H3,(H,33,38)(H,34,39)/b8-3+,20-11+,21-12+/t19?,24?,25-,26?/m0/s1. The average molecular weight is 554 g/mol. The number of aromatic hydroxyl groups is 1. The number of aliphatic hydroxyl groups is 1. The highest BCUT2D eigenvalue weighted by Gasteiger charge is 2.34. The van der Waals surface area contributed by atoms with Crippen molar-refractivity contribution >= 4 is 23.3 Å². The quantitative estimate of drug-likeness (QED) is 0.303. The second-order valence-electron chi connectivity index (χ2n) is 10.6. The van der Waals surface area contributed by atoms with E-state index in [4.69, 9.17) is 11.5 Å². The van der Waals surface area contributed by atoms with Gasteiger partial charge in [-0.2, -0.15) is 0 Å². The Balaban J connectivity index is 2.07. The molecule has 8 N–H and O–H groups in total. The number of nitrogens with zero attached hydrogens (tertiary/aromatic N) is 1. The molecular formula is C30H43N5O5. The van der Waals surface area contributed by atoms with Crippen molar-refractivity contribution in [3.8, 4) is 5.75 Å². The SMILES string of the molecule is C\C(O)=C/C=C1\C=C\CCC(N)C(=O)N[C@@H](CCCN)C(=O)NC(C(=O)N2CCCC2C)Cc2cc1ccc2O. The molecule has 0 spiro atoms. The summed E-state index contributed by atoms with van der Waals surface area (Å²) in [6, 6.07) is 2.43. The van der Waals surface area contributed by atoms with E-state index in [1.165, 1.54) is 0 Å². The first-order valence-electron chi connectivity index (χ1n) is 14.0. The highest BCUT2D eigenvalue weighted by molar-refractivity contribution is 5.93. The van der Waals surface area contributed by atoms with Crippen molar-refractivity contribution in [2.45, 2.75) is 83.0 Å². The monoisotopic (exact) mass is 553 g/mol. The molecule has 3 unspecified atom stereocenters. The van der Waals surface area contributed by atoms with Crippen LogP contribution in [0.25, 0.3) is 5.57 Å². The fourth-order valence-electron chi connectivity index (χ4n) is 5.03. The Kier molecular flexibility index (Phi) is 11.3. The number of phenolic OH excluding ortho intramolecular Hbond substituents is 1. The van der Waals surface area contributed by atoms with E-state index in [2.05, 4.69) is 10.6 Å². The van der Waals surface area contributed by atoms with E-state index in [1.807, 2.05) is 19.1 Å². The Hall–Kier alpha value is -3.63. The number of aliphatic hydroxyl groups excluding tert-OH is 1. The number of rotatable bonds is 5. The van der Waals surface area contributed by atoms with Gasteiger partial charge in [0.2, 0.25) is 17.7 Å². The van der Waals surface area contributed by atoms with Crippen molar-refractivity contribution in [3.05, 3.63) is 59.4 Å². The summed E-state index contributed by atoms with van der Waals surface area (Å²) < 4.78 is 0. The number of benzene rings is 1. The van der Waals surface area contributed by atoms with Crippen molar-refractivity contribution in [2.24, 2.45) is 11.5 Å². The van der Waals surface area contributed by atoms with E-state index < -0.39 is 29.9 Å². The lowest BCUT2D eigenvalue weighted by atomic mass is 9.96. The number of likely N-dealkylation sites (tertiary alicyclic amines) is 1. The first kappa shape index (κ1) is 30.9. The van der Waals surface area contributed by atoms with Gasteiger partial charge in [0.25, 0.3) is 0 Å². The van der Waals surface area contributed by atoms with Crippen LogP contribution in [-0.4, -0.2) is 70.1 Å². The van der Waals surface area contributed by atoms with Crippen molar-refractivity contribution in [1.29, 1.82) is 0 Å².